The molecular weight excluding hydrogens is 258 g/mol. The van der Waals surface area contributed by atoms with Gasteiger partial charge in [-0.1, -0.05) is 23.7 Å². The van der Waals surface area contributed by atoms with Crippen molar-refractivity contribution in [3.63, 3.8) is 0 Å². The standard InChI is InChI=1S/C16H18ClNO/c17-12-3-1-11(2-4-12)9-16(7-8-16)18-14(19)13-10-15(13)5-6-15/h1-4,13H,5-10H2,(H,18,19)/t13-/m0/s1. The lowest BCUT2D eigenvalue weighted by molar-refractivity contribution is -0.123. The van der Waals surface area contributed by atoms with Crippen molar-refractivity contribution in [1.29, 1.82) is 0 Å². The molecule has 0 saturated heterocycles. The molecule has 3 aliphatic carbocycles. The first-order chi connectivity index (χ1) is 9.11. The second-order valence-corrected chi connectivity index (χ2v) is 7.13. The number of hydrogen-bond acceptors (Lipinski definition) is 1. The van der Waals surface area contributed by atoms with Crippen molar-refractivity contribution in [2.75, 3.05) is 0 Å². The van der Waals surface area contributed by atoms with E-state index in [1.165, 1.54) is 18.4 Å². The van der Waals surface area contributed by atoms with Crippen LogP contribution >= 0.6 is 11.6 Å². The molecule has 1 spiro atoms. The van der Waals surface area contributed by atoms with E-state index in [1.54, 1.807) is 0 Å². The van der Waals surface area contributed by atoms with Crippen LogP contribution in [-0.2, 0) is 11.2 Å². The Kier molecular flexibility index (Phi) is 2.33. The van der Waals surface area contributed by atoms with Crippen LogP contribution in [0.15, 0.2) is 24.3 Å². The Labute approximate surface area is 118 Å². The Morgan fingerprint density at radius 2 is 1.89 bits per heavy atom. The summed E-state index contributed by atoms with van der Waals surface area (Å²) in [5.74, 6) is 0.638. The molecule has 3 heteroatoms. The summed E-state index contributed by atoms with van der Waals surface area (Å²) in [5, 5.41) is 4.09. The first-order valence-corrected chi connectivity index (χ1v) is 7.55. The second kappa shape index (κ2) is 3.76. The Hall–Kier alpha value is -1.02. The minimum atomic E-state index is 0.0452. The molecule has 2 nitrogen and oxygen atoms in total. The maximum atomic E-state index is 12.2. The van der Waals surface area contributed by atoms with Gasteiger partial charge in [-0.25, -0.2) is 0 Å². The van der Waals surface area contributed by atoms with Crippen LogP contribution < -0.4 is 5.32 Å². The second-order valence-electron chi connectivity index (χ2n) is 6.69. The fourth-order valence-corrected chi connectivity index (χ4v) is 3.40. The van der Waals surface area contributed by atoms with Gasteiger partial charge in [0, 0.05) is 16.5 Å². The van der Waals surface area contributed by atoms with Gasteiger partial charge in [-0.3, -0.25) is 4.79 Å². The molecule has 0 aliphatic heterocycles. The Morgan fingerprint density at radius 1 is 1.21 bits per heavy atom. The van der Waals surface area contributed by atoms with Gasteiger partial charge in [0.2, 0.25) is 5.91 Å². The molecule has 0 aromatic heterocycles. The number of benzene rings is 1. The molecule has 1 N–H and O–H groups in total. The zero-order valence-electron chi connectivity index (χ0n) is 10.9. The van der Waals surface area contributed by atoms with E-state index in [1.807, 2.05) is 12.1 Å². The summed E-state index contributed by atoms with van der Waals surface area (Å²) in [5.41, 5.74) is 1.77. The lowest BCUT2D eigenvalue weighted by Gasteiger charge is -2.17. The Morgan fingerprint density at radius 3 is 2.42 bits per heavy atom. The molecule has 0 radical (unpaired) electrons. The zero-order valence-corrected chi connectivity index (χ0v) is 11.7. The Bertz CT molecular complexity index is 528. The third-order valence-corrected chi connectivity index (χ3v) is 5.35. The zero-order chi connectivity index (χ0) is 13.1. The van der Waals surface area contributed by atoms with Crippen molar-refractivity contribution < 1.29 is 4.79 Å². The van der Waals surface area contributed by atoms with E-state index in [-0.39, 0.29) is 5.54 Å². The average Bonchev–Trinajstić information content (AvgIpc) is 3.26. The van der Waals surface area contributed by atoms with E-state index in [4.69, 9.17) is 11.6 Å². The minimum absolute atomic E-state index is 0.0452. The highest BCUT2D eigenvalue weighted by atomic mass is 35.5. The van der Waals surface area contributed by atoms with E-state index in [0.29, 0.717) is 17.2 Å². The first-order valence-electron chi connectivity index (χ1n) is 7.17. The Balaban J connectivity index is 1.40. The molecule has 3 aliphatic rings. The van der Waals surface area contributed by atoms with Crippen LogP contribution in [0.2, 0.25) is 5.02 Å². The smallest absolute Gasteiger partial charge is 0.224 e. The molecular formula is C16H18ClNO. The van der Waals surface area contributed by atoms with Crippen LogP contribution in [0.25, 0.3) is 0 Å². The maximum Gasteiger partial charge on any atom is 0.224 e. The molecule has 4 rings (SSSR count). The minimum Gasteiger partial charge on any atom is -0.350 e. The van der Waals surface area contributed by atoms with E-state index in [0.717, 1.165) is 30.7 Å². The van der Waals surface area contributed by atoms with Gasteiger partial charge in [0.25, 0.3) is 0 Å². The predicted octanol–water partition coefficient (Wildman–Crippen LogP) is 3.33. The third-order valence-electron chi connectivity index (χ3n) is 5.10. The summed E-state index contributed by atoms with van der Waals surface area (Å²) in [6.07, 6.45) is 6.85. The van der Waals surface area contributed by atoms with Gasteiger partial charge < -0.3 is 5.32 Å². The third kappa shape index (κ3) is 2.16. The summed E-state index contributed by atoms with van der Waals surface area (Å²) in [6.45, 7) is 0. The highest BCUT2D eigenvalue weighted by Gasteiger charge is 2.66. The molecule has 19 heavy (non-hydrogen) atoms. The van der Waals surface area contributed by atoms with Crippen molar-refractivity contribution >= 4 is 17.5 Å². The number of halogens is 1. The van der Waals surface area contributed by atoms with Crippen LogP contribution in [0.1, 0.15) is 37.7 Å². The topological polar surface area (TPSA) is 29.1 Å². The fraction of sp³-hybridized carbons (Fsp3) is 0.562. The maximum absolute atomic E-state index is 12.2. The van der Waals surface area contributed by atoms with E-state index >= 15 is 0 Å². The highest BCUT2D eigenvalue weighted by molar-refractivity contribution is 6.30. The molecule has 3 saturated carbocycles. The van der Waals surface area contributed by atoms with E-state index in [2.05, 4.69) is 17.4 Å². The predicted molar refractivity (Wildman–Crippen MR) is 75.0 cm³/mol. The van der Waals surface area contributed by atoms with Crippen LogP contribution in [0, 0.1) is 11.3 Å². The van der Waals surface area contributed by atoms with Crippen molar-refractivity contribution in [1.82, 2.24) is 5.32 Å². The quantitative estimate of drug-likeness (QED) is 0.897. The van der Waals surface area contributed by atoms with Gasteiger partial charge in [0.1, 0.15) is 0 Å². The van der Waals surface area contributed by atoms with Gasteiger partial charge in [-0.15, -0.1) is 0 Å². The van der Waals surface area contributed by atoms with Crippen LogP contribution in [0.3, 0.4) is 0 Å². The number of hydrogen-bond donors (Lipinski definition) is 1. The number of amides is 1. The number of rotatable bonds is 4. The average molecular weight is 276 g/mol. The first kappa shape index (κ1) is 11.8. The summed E-state index contributed by atoms with van der Waals surface area (Å²) in [6, 6.07) is 7.98. The van der Waals surface area contributed by atoms with Crippen LogP contribution in [0.5, 0.6) is 0 Å². The van der Waals surface area contributed by atoms with Gasteiger partial charge in [0.15, 0.2) is 0 Å². The molecule has 1 aromatic rings. The van der Waals surface area contributed by atoms with Crippen molar-refractivity contribution in [2.24, 2.45) is 11.3 Å². The van der Waals surface area contributed by atoms with Gasteiger partial charge in [-0.05, 0) is 61.6 Å². The van der Waals surface area contributed by atoms with Crippen molar-refractivity contribution in [2.45, 2.75) is 44.1 Å². The summed E-state index contributed by atoms with van der Waals surface area (Å²) < 4.78 is 0. The molecule has 0 unspecified atom stereocenters. The summed E-state index contributed by atoms with van der Waals surface area (Å²) in [4.78, 5) is 12.2. The SMILES string of the molecule is O=C(NC1(Cc2ccc(Cl)cc2)CC1)[C@@H]1CC12CC2. The van der Waals surface area contributed by atoms with E-state index < -0.39 is 0 Å². The molecule has 100 valence electrons. The highest BCUT2D eigenvalue weighted by Crippen LogP contribution is 2.70. The largest absolute Gasteiger partial charge is 0.350 e. The molecule has 1 atom stereocenters. The lowest BCUT2D eigenvalue weighted by Crippen LogP contribution is -2.39. The lowest BCUT2D eigenvalue weighted by atomic mass is 10.0. The monoisotopic (exact) mass is 275 g/mol. The number of carbonyl (C=O) groups is 1. The molecule has 0 bridgehead atoms. The molecule has 1 aromatic carbocycles. The number of carbonyl (C=O) groups excluding carboxylic acids is 1. The van der Waals surface area contributed by atoms with Crippen molar-refractivity contribution in [3.8, 4) is 0 Å². The normalized spacial score (nSPS) is 27.9. The number of nitrogens with one attached hydrogen (secondary N) is 1. The van der Waals surface area contributed by atoms with Crippen LogP contribution in [-0.4, -0.2) is 11.4 Å². The molecule has 1 amide bonds. The van der Waals surface area contributed by atoms with Gasteiger partial charge >= 0.3 is 0 Å². The fourth-order valence-electron chi connectivity index (χ4n) is 3.27. The van der Waals surface area contributed by atoms with Gasteiger partial charge in [0.05, 0.1) is 0 Å². The molecule has 3 fully saturated rings. The van der Waals surface area contributed by atoms with Crippen molar-refractivity contribution in [3.05, 3.63) is 34.9 Å². The summed E-state index contributed by atoms with van der Waals surface area (Å²) in [7, 11) is 0. The van der Waals surface area contributed by atoms with Gasteiger partial charge in [-0.2, -0.15) is 0 Å². The molecule has 0 heterocycles. The summed E-state index contributed by atoms with van der Waals surface area (Å²) >= 11 is 5.90. The van der Waals surface area contributed by atoms with E-state index in [9.17, 15) is 4.79 Å². The van der Waals surface area contributed by atoms with Crippen LogP contribution in [0.4, 0.5) is 0 Å².